The molecule has 0 spiro atoms. The van der Waals surface area contributed by atoms with E-state index in [-0.39, 0.29) is 5.97 Å². The summed E-state index contributed by atoms with van der Waals surface area (Å²) in [6.45, 7) is 5.20. The van der Waals surface area contributed by atoms with E-state index >= 15 is 0 Å². The summed E-state index contributed by atoms with van der Waals surface area (Å²) in [6, 6.07) is 23.5. The first-order valence-corrected chi connectivity index (χ1v) is 11.4. The fourth-order valence-electron chi connectivity index (χ4n) is 3.41. The third-order valence-electron chi connectivity index (χ3n) is 5.21. The average molecular weight is 433 g/mol. The van der Waals surface area contributed by atoms with Crippen LogP contribution in [0.15, 0.2) is 72.8 Å². The molecule has 0 atom stereocenters. The van der Waals surface area contributed by atoms with Crippen LogP contribution in [0.1, 0.15) is 59.3 Å². The van der Waals surface area contributed by atoms with E-state index in [1.165, 1.54) is 11.1 Å². The van der Waals surface area contributed by atoms with Crippen LogP contribution in [0, 0.1) is 0 Å². The molecule has 4 heteroatoms. The lowest BCUT2D eigenvalue weighted by atomic mass is 10.1. The van der Waals surface area contributed by atoms with Crippen LogP contribution in [-0.4, -0.2) is 12.6 Å². The quantitative estimate of drug-likeness (QED) is 0.108. The van der Waals surface area contributed by atoms with Crippen molar-refractivity contribution in [2.75, 3.05) is 6.61 Å². The molecule has 0 saturated carbocycles. The topological polar surface area (TPSA) is 44.8 Å². The zero-order valence-electron chi connectivity index (χ0n) is 19.0. The van der Waals surface area contributed by atoms with Crippen molar-refractivity contribution < 1.29 is 19.3 Å². The van der Waals surface area contributed by atoms with Crippen LogP contribution in [0.3, 0.4) is 0 Å². The largest absolute Gasteiger partial charge is 0.423 e. The third kappa shape index (κ3) is 7.63. The van der Waals surface area contributed by atoms with Gasteiger partial charge >= 0.3 is 5.97 Å². The Morgan fingerprint density at radius 2 is 1.12 bits per heavy atom. The second-order valence-corrected chi connectivity index (χ2v) is 7.88. The molecule has 0 unspecified atom stereocenters. The number of aryl methyl sites for hydroxylation is 2. The zero-order chi connectivity index (χ0) is 22.6. The van der Waals surface area contributed by atoms with E-state index in [0.29, 0.717) is 30.9 Å². The highest BCUT2D eigenvalue weighted by Crippen LogP contribution is 2.16. The van der Waals surface area contributed by atoms with E-state index in [1.807, 2.05) is 36.4 Å². The van der Waals surface area contributed by atoms with E-state index in [9.17, 15) is 4.79 Å². The number of benzene rings is 3. The van der Waals surface area contributed by atoms with Crippen molar-refractivity contribution in [3.05, 3.63) is 101 Å². The van der Waals surface area contributed by atoms with Gasteiger partial charge in [0.25, 0.3) is 0 Å². The lowest BCUT2D eigenvalue weighted by Crippen LogP contribution is -2.08. The maximum atomic E-state index is 12.3. The average Bonchev–Trinajstić information content (AvgIpc) is 2.82. The highest BCUT2D eigenvalue weighted by atomic mass is 17.2. The van der Waals surface area contributed by atoms with Gasteiger partial charge in [-0.2, -0.15) is 0 Å². The minimum absolute atomic E-state index is 0.347. The third-order valence-corrected chi connectivity index (χ3v) is 5.21. The molecule has 0 aliphatic rings. The maximum absolute atomic E-state index is 12.3. The summed E-state index contributed by atoms with van der Waals surface area (Å²) in [7, 11) is 0. The summed E-state index contributed by atoms with van der Waals surface area (Å²) in [6.07, 6.45) is 5.05. The van der Waals surface area contributed by atoms with E-state index in [2.05, 4.69) is 38.1 Å². The molecule has 0 fully saturated rings. The Labute approximate surface area is 191 Å². The molecule has 0 saturated heterocycles. The Balaban J connectivity index is 1.37. The minimum Gasteiger partial charge on any atom is -0.423 e. The SMILES string of the molecule is CCCc1ccc(COOCCc2ccc(OC(=O)c3ccc(CCC)cc3)cc2)cc1. The van der Waals surface area contributed by atoms with Crippen molar-refractivity contribution in [3.63, 3.8) is 0 Å². The van der Waals surface area contributed by atoms with Crippen LogP contribution in [0.25, 0.3) is 0 Å². The van der Waals surface area contributed by atoms with Crippen LogP contribution in [0.2, 0.25) is 0 Å². The van der Waals surface area contributed by atoms with Gasteiger partial charge in [0.05, 0.1) is 12.2 Å². The van der Waals surface area contributed by atoms with Gasteiger partial charge in [-0.25, -0.2) is 14.6 Å². The fraction of sp³-hybridized carbons (Fsp3) is 0.321. The van der Waals surface area contributed by atoms with E-state index < -0.39 is 0 Å². The van der Waals surface area contributed by atoms with Gasteiger partial charge in [0.15, 0.2) is 0 Å². The van der Waals surface area contributed by atoms with Gasteiger partial charge in [0.2, 0.25) is 0 Å². The Morgan fingerprint density at radius 1 is 0.625 bits per heavy atom. The number of esters is 1. The van der Waals surface area contributed by atoms with E-state index in [0.717, 1.165) is 36.8 Å². The molecule has 0 heterocycles. The Bertz CT molecular complexity index is 944. The summed E-state index contributed by atoms with van der Waals surface area (Å²) < 4.78 is 5.48. The predicted octanol–water partition coefficient (Wildman–Crippen LogP) is 6.50. The first kappa shape index (κ1) is 23.7. The molecule has 3 aromatic rings. The molecule has 0 aliphatic carbocycles. The number of ether oxygens (including phenoxy) is 1. The number of carbonyl (C=O) groups is 1. The summed E-state index contributed by atoms with van der Waals surface area (Å²) in [4.78, 5) is 23.0. The van der Waals surface area contributed by atoms with Gasteiger partial charge < -0.3 is 4.74 Å². The molecule has 0 amide bonds. The zero-order valence-corrected chi connectivity index (χ0v) is 19.0. The van der Waals surface area contributed by atoms with Crippen molar-refractivity contribution >= 4 is 5.97 Å². The van der Waals surface area contributed by atoms with Gasteiger partial charge in [-0.3, -0.25) is 0 Å². The lowest BCUT2D eigenvalue weighted by molar-refractivity contribution is -0.303. The van der Waals surface area contributed by atoms with E-state index in [4.69, 9.17) is 14.5 Å². The van der Waals surface area contributed by atoms with Crippen molar-refractivity contribution in [2.24, 2.45) is 0 Å². The lowest BCUT2D eigenvalue weighted by Gasteiger charge is -2.07. The first-order valence-electron chi connectivity index (χ1n) is 11.4. The van der Waals surface area contributed by atoms with E-state index in [1.54, 1.807) is 12.1 Å². The number of carbonyl (C=O) groups excluding carboxylic acids is 1. The minimum atomic E-state index is -0.347. The molecule has 3 aromatic carbocycles. The summed E-state index contributed by atoms with van der Waals surface area (Å²) in [5.41, 5.74) is 5.30. The monoisotopic (exact) mass is 432 g/mol. The van der Waals surface area contributed by atoms with Crippen LogP contribution >= 0.6 is 0 Å². The number of hydrogen-bond donors (Lipinski definition) is 0. The summed E-state index contributed by atoms with van der Waals surface area (Å²) in [5, 5.41) is 0. The second kappa shape index (κ2) is 12.8. The van der Waals surface area contributed by atoms with Crippen molar-refractivity contribution in [3.8, 4) is 5.75 Å². The molecule has 0 aliphatic heterocycles. The molecule has 168 valence electrons. The highest BCUT2D eigenvalue weighted by Gasteiger charge is 2.08. The fourth-order valence-corrected chi connectivity index (χ4v) is 3.41. The summed E-state index contributed by atoms with van der Waals surface area (Å²) >= 11 is 0. The Kier molecular flexibility index (Phi) is 9.48. The Hall–Kier alpha value is -2.95. The molecule has 32 heavy (non-hydrogen) atoms. The van der Waals surface area contributed by atoms with Gasteiger partial charge in [-0.05, 0) is 65.8 Å². The molecule has 0 N–H and O–H groups in total. The normalized spacial score (nSPS) is 10.8. The van der Waals surface area contributed by atoms with Crippen LogP contribution in [-0.2, 0) is 35.6 Å². The molecule has 4 nitrogen and oxygen atoms in total. The van der Waals surface area contributed by atoms with Gasteiger partial charge in [-0.1, -0.05) is 75.2 Å². The number of rotatable bonds is 12. The molecular formula is C28H32O4. The second-order valence-electron chi connectivity index (χ2n) is 7.88. The highest BCUT2D eigenvalue weighted by molar-refractivity contribution is 5.91. The summed E-state index contributed by atoms with van der Waals surface area (Å²) in [5.74, 6) is 0.181. The van der Waals surface area contributed by atoms with Gasteiger partial charge in [0.1, 0.15) is 12.4 Å². The Morgan fingerprint density at radius 3 is 1.72 bits per heavy atom. The van der Waals surface area contributed by atoms with Crippen LogP contribution in [0.5, 0.6) is 5.75 Å². The van der Waals surface area contributed by atoms with Gasteiger partial charge in [0, 0.05) is 0 Å². The molecule has 3 rings (SSSR count). The van der Waals surface area contributed by atoms with Crippen LogP contribution < -0.4 is 4.74 Å². The molecule has 0 bridgehead atoms. The molecule has 0 aromatic heterocycles. The standard InChI is InChI=1S/C28H32O4/c1-3-5-22-7-9-25(10-8-22)21-31-30-20-19-24-13-17-27(18-14-24)32-28(29)26-15-11-23(6-4-2)12-16-26/h7-18H,3-6,19-21H2,1-2H3. The predicted molar refractivity (Wildman–Crippen MR) is 127 cm³/mol. The number of hydrogen-bond acceptors (Lipinski definition) is 4. The van der Waals surface area contributed by atoms with Crippen molar-refractivity contribution in [1.29, 1.82) is 0 Å². The molecule has 0 radical (unpaired) electrons. The smallest absolute Gasteiger partial charge is 0.343 e. The van der Waals surface area contributed by atoms with Gasteiger partial charge in [-0.15, -0.1) is 0 Å². The van der Waals surface area contributed by atoms with Crippen LogP contribution in [0.4, 0.5) is 0 Å². The first-order chi connectivity index (χ1) is 15.7. The van der Waals surface area contributed by atoms with Crippen molar-refractivity contribution in [2.45, 2.75) is 52.6 Å². The van der Waals surface area contributed by atoms with Crippen molar-refractivity contribution in [1.82, 2.24) is 0 Å². The molecular weight excluding hydrogens is 400 g/mol. The maximum Gasteiger partial charge on any atom is 0.343 e.